The highest BCUT2D eigenvalue weighted by atomic mass is 35.5. The molecule has 0 saturated carbocycles. The van der Waals surface area contributed by atoms with Gasteiger partial charge in [0.25, 0.3) is 11.8 Å². The van der Waals surface area contributed by atoms with Crippen molar-refractivity contribution in [1.82, 2.24) is 5.43 Å². The van der Waals surface area contributed by atoms with Crippen molar-refractivity contribution in [1.29, 1.82) is 0 Å². The lowest BCUT2D eigenvalue weighted by atomic mass is 10.1. The van der Waals surface area contributed by atoms with Crippen LogP contribution in [0, 0.1) is 6.92 Å². The smallest absolute Gasteiger partial charge is 0.343 e. The molecule has 0 aliphatic carbocycles. The van der Waals surface area contributed by atoms with Gasteiger partial charge in [-0.15, -0.1) is 0 Å². The summed E-state index contributed by atoms with van der Waals surface area (Å²) < 4.78 is 10.5. The van der Waals surface area contributed by atoms with Crippen LogP contribution in [0.15, 0.2) is 94.6 Å². The van der Waals surface area contributed by atoms with Gasteiger partial charge in [0.15, 0.2) is 5.76 Å². The van der Waals surface area contributed by atoms with Gasteiger partial charge in [-0.05, 0) is 73.7 Å². The highest BCUT2D eigenvalue weighted by molar-refractivity contribution is 6.31. The van der Waals surface area contributed by atoms with Gasteiger partial charge in [-0.25, -0.2) is 10.2 Å². The van der Waals surface area contributed by atoms with E-state index >= 15 is 0 Å². The molecule has 3 aromatic carbocycles. The average molecular weight is 502 g/mol. The number of hydrogen-bond acceptors (Lipinski definition) is 6. The lowest BCUT2D eigenvalue weighted by Gasteiger charge is -2.08. The van der Waals surface area contributed by atoms with Gasteiger partial charge in [-0.1, -0.05) is 29.3 Å². The molecule has 0 aliphatic rings. The van der Waals surface area contributed by atoms with Gasteiger partial charge < -0.3 is 14.5 Å². The molecule has 4 rings (SSSR count). The quantitative estimate of drug-likeness (QED) is 0.151. The third kappa shape index (κ3) is 6.25. The minimum Gasteiger partial charge on any atom is -0.459 e. The SMILES string of the molecule is Cc1ccc(C(=O)Oc2ccc(Cl)cc2/C=N/NC(=O)c2ccc(NC(=O)c3ccco3)cc2)cc1. The zero-order chi connectivity index (χ0) is 25.5. The minimum atomic E-state index is -0.532. The standard InChI is InChI=1S/C27H20ClN3O5/c1-17-4-6-19(7-5-17)27(34)36-23-13-10-21(28)15-20(23)16-29-31-25(32)18-8-11-22(12-9-18)30-26(33)24-3-2-14-35-24/h2-16H,1H3,(H,30,33)(H,31,32)/b29-16+. The Morgan fingerprint density at radius 2 is 1.64 bits per heavy atom. The fourth-order valence-corrected chi connectivity index (χ4v) is 3.27. The average Bonchev–Trinajstić information content (AvgIpc) is 3.42. The fraction of sp³-hybridized carbons (Fsp3) is 0.0370. The Labute approximate surface area is 211 Å². The van der Waals surface area contributed by atoms with E-state index in [-0.39, 0.29) is 11.5 Å². The Bertz CT molecular complexity index is 1410. The van der Waals surface area contributed by atoms with Crippen LogP contribution < -0.4 is 15.5 Å². The molecule has 36 heavy (non-hydrogen) atoms. The van der Waals surface area contributed by atoms with Crippen molar-refractivity contribution in [3.63, 3.8) is 0 Å². The van der Waals surface area contributed by atoms with E-state index in [2.05, 4.69) is 15.8 Å². The normalized spacial score (nSPS) is 10.7. The van der Waals surface area contributed by atoms with Crippen LogP contribution >= 0.6 is 11.6 Å². The van der Waals surface area contributed by atoms with Crippen molar-refractivity contribution in [2.75, 3.05) is 5.32 Å². The lowest BCUT2D eigenvalue weighted by molar-refractivity contribution is 0.0734. The molecule has 1 heterocycles. The van der Waals surface area contributed by atoms with Crippen molar-refractivity contribution in [2.24, 2.45) is 5.10 Å². The van der Waals surface area contributed by atoms with E-state index < -0.39 is 17.8 Å². The number of ether oxygens (including phenoxy) is 1. The maximum absolute atomic E-state index is 12.5. The third-order valence-electron chi connectivity index (χ3n) is 4.98. The monoisotopic (exact) mass is 501 g/mol. The summed E-state index contributed by atoms with van der Waals surface area (Å²) >= 11 is 6.08. The van der Waals surface area contributed by atoms with Crippen molar-refractivity contribution in [3.8, 4) is 5.75 Å². The molecule has 1 aromatic heterocycles. The molecule has 0 bridgehead atoms. The maximum Gasteiger partial charge on any atom is 0.343 e. The summed E-state index contributed by atoms with van der Waals surface area (Å²) in [5, 5.41) is 7.04. The zero-order valence-corrected chi connectivity index (χ0v) is 19.8. The highest BCUT2D eigenvalue weighted by Gasteiger charge is 2.12. The molecule has 8 nitrogen and oxygen atoms in total. The first-order valence-corrected chi connectivity index (χ1v) is 11.1. The summed E-state index contributed by atoms with van der Waals surface area (Å²) in [5.41, 5.74) is 5.05. The first kappa shape index (κ1) is 24.4. The van der Waals surface area contributed by atoms with E-state index in [0.29, 0.717) is 27.4 Å². The van der Waals surface area contributed by atoms with Crippen molar-refractivity contribution >= 4 is 41.3 Å². The molecule has 2 amide bonds. The van der Waals surface area contributed by atoms with Gasteiger partial charge in [0.05, 0.1) is 18.0 Å². The molecule has 0 aliphatic heterocycles. The molecular formula is C27H20ClN3O5. The number of esters is 1. The number of nitrogens with zero attached hydrogens (tertiary/aromatic N) is 1. The number of rotatable bonds is 7. The molecule has 180 valence electrons. The van der Waals surface area contributed by atoms with Gasteiger partial charge in [0.2, 0.25) is 0 Å². The summed E-state index contributed by atoms with van der Waals surface area (Å²) in [6.07, 6.45) is 2.74. The van der Waals surface area contributed by atoms with Gasteiger partial charge in [-0.3, -0.25) is 9.59 Å². The van der Waals surface area contributed by atoms with E-state index in [1.54, 1.807) is 54.6 Å². The lowest BCUT2D eigenvalue weighted by Crippen LogP contribution is -2.18. The van der Waals surface area contributed by atoms with Gasteiger partial charge >= 0.3 is 5.97 Å². The number of benzene rings is 3. The van der Waals surface area contributed by atoms with E-state index in [0.717, 1.165) is 5.56 Å². The van der Waals surface area contributed by atoms with Crippen LogP contribution in [0.5, 0.6) is 5.75 Å². The minimum absolute atomic E-state index is 0.177. The second-order valence-corrected chi connectivity index (χ2v) is 8.08. The predicted octanol–water partition coefficient (Wildman–Crippen LogP) is 5.48. The van der Waals surface area contributed by atoms with Crippen molar-refractivity contribution < 1.29 is 23.5 Å². The predicted molar refractivity (Wildman–Crippen MR) is 136 cm³/mol. The van der Waals surface area contributed by atoms with Crippen LogP contribution in [0.25, 0.3) is 0 Å². The third-order valence-corrected chi connectivity index (χ3v) is 5.22. The summed E-state index contributed by atoms with van der Waals surface area (Å²) in [6, 6.07) is 21.1. The molecule has 0 unspecified atom stereocenters. The van der Waals surface area contributed by atoms with Crippen molar-refractivity contribution in [3.05, 3.63) is 118 Å². The Kier molecular flexibility index (Phi) is 7.57. The number of carbonyl (C=O) groups excluding carboxylic acids is 3. The summed E-state index contributed by atoms with van der Waals surface area (Å²) in [6.45, 7) is 1.92. The number of furan rings is 1. The second kappa shape index (κ2) is 11.2. The van der Waals surface area contributed by atoms with Crippen LogP contribution in [0.3, 0.4) is 0 Å². The largest absolute Gasteiger partial charge is 0.459 e. The Balaban J connectivity index is 1.39. The molecule has 4 aromatic rings. The number of hydrazone groups is 1. The molecule has 0 saturated heterocycles. The summed E-state index contributed by atoms with van der Waals surface area (Å²) in [5.74, 6) is -0.997. The topological polar surface area (TPSA) is 110 Å². The fourth-order valence-electron chi connectivity index (χ4n) is 3.09. The molecular weight excluding hydrogens is 482 g/mol. The number of halogens is 1. The number of nitrogens with one attached hydrogen (secondary N) is 2. The Morgan fingerprint density at radius 3 is 2.33 bits per heavy atom. The van der Waals surface area contributed by atoms with Gasteiger partial charge in [0, 0.05) is 21.8 Å². The zero-order valence-electron chi connectivity index (χ0n) is 19.0. The van der Waals surface area contributed by atoms with Crippen molar-refractivity contribution in [2.45, 2.75) is 6.92 Å². The molecule has 2 N–H and O–H groups in total. The van der Waals surface area contributed by atoms with Crippen LogP contribution in [-0.4, -0.2) is 24.0 Å². The first-order valence-electron chi connectivity index (χ1n) is 10.8. The number of hydrogen-bond donors (Lipinski definition) is 2. The molecule has 0 spiro atoms. The molecule has 0 radical (unpaired) electrons. The van der Waals surface area contributed by atoms with Crippen LogP contribution in [0.4, 0.5) is 5.69 Å². The Hall–Kier alpha value is -4.69. The molecule has 0 fully saturated rings. The Morgan fingerprint density at radius 1 is 0.917 bits per heavy atom. The van der Waals surface area contributed by atoms with Crippen LogP contribution in [0.2, 0.25) is 5.02 Å². The number of anilines is 1. The molecule has 9 heteroatoms. The van der Waals surface area contributed by atoms with E-state index in [1.807, 2.05) is 19.1 Å². The van der Waals surface area contributed by atoms with Crippen LogP contribution in [0.1, 0.15) is 42.4 Å². The number of amides is 2. The van der Waals surface area contributed by atoms with Crippen LogP contribution in [-0.2, 0) is 0 Å². The first-order chi connectivity index (χ1) is 17.4. The van der Waals surface area contributed by atoms with Gasteiger partial charge in [0.1, 0.15) is 5.75 Å². The highest BCUT2D eigenvalue weighted by Crippen LogP contribution is 2.23. The number of aryl methyl sites for hydroxylation is 1. The van der Waals surface area contributed by atoms with E-state index in [4.69, 9.17) is 20.8 Å². The molecule has 0 atom stereocenters. The van der Waals surface area contributed by atoms with Gasteiger partial charge in [-0.2, -0.15) is 5.10 Å². The maximum atomic E-state index is 12.5. The van der Waals surface area contributed by atoms with E-state index in [9.17, 15) is 14.4 Å². The number of carbonyl (C=O) groups is 3. The second-order valence-electron chi connectivity index (χ2n) is 7.65. The summed E-state index contributed by atoms with van der Waals surface area (Å²) in [4.78, 5) is 37.0. The summed E-state index contributed by atoms with van der Waals surface area (Å²) in [7, 11) is 0. The van der Waals surface area contributed by atoms with E-state index in [1.165, 1.54) is 24.6 Å².